The van der Waals surface area contributed by atoms with E-state index in [0.717, 1.165) is 23.6 Å². The van der Waals surface area contributed by atoms with Crippen LogP contribution in [-0.2, 0) is 0 Å². The quantitative estimate of drug-likeness (QED) is 0.530. The smallest absolute Gasteiger partial charge is 0.139 e. The van der Waals surface area contributed by atoms with Crippen LogP contribution >= 0.6 is 23.2 Å². The van der Waals surface area contributed by atoms with E-state index in [2.05, 4.69) is 19.2 Å². The van der Waals surface area contributed by atoms with Gasteiger partial charge in [-0.05, 0) is 31.5 Å². The highest BCUT2D eigenvalue weighted by atomic mass is 35.5. The largest absolute Gasteiger partial charge is 0.492 e. The van der Waals surface area contributed by atoms with E-state index in [1.807, 2.05) is 19.1 Å². The van der Waals surface area contributed by atoms with Crippen LogP contribution in [0.3, 0.4) is 0 Å². The molecule has 21 heavy (non-hydrogen) atoms. The van der Waals surface area contributed by atoms with Crippen LogP contribution in [0.15, 0.2) is 12.1 Å². The van der Waals surface area contributed by atoms with E-state index in [4.69, 9.17) is 27.9 Å². The lowest BCUT2D eigenvalue weighted by Crippen LogP contribution is -2.21. The van der Waals surface area contributed by atoms with Gasteiger partial charge in [0.25, 0.3) is 0 Å². The van der Waals surface area contributed by atoms with Crippen molar-refractivity contribution in [1.82, 2.24) is 5.32 Å². The standard InChI is InChI=1S/C17H27Cl2NO/c1-4-7-8-9-10-16(20-5-2)13-11-15(19)17(21-6-3)12-14(13)18/h11-12,16,20H,4-10H2,1-3H3. The third kappa shape index (κ3) is 6.06. The second-order valence-corrected chi connectivity index (χ2v) is 6.01. The van der Waals surface area contributed by atoms with Gasteiger partial charge in [0.1, 0.15) is 5.75 Å². The fraction of sp³-hybridized carbons (Fsp3) is 0.647. The summed E-state index contributed by atoms with van der Waals surface area (Å²) in [4.78, 5) is 0. The van der Waals surface area contributed by atoms with Crippen LogP contribution in [0.25, 0.3) is 0 Å². The molecule has 1 N–H and O–H groups in total. The molecule has 0 bridgehead atoms. The predicted molar refractivity (Wildman–Crippen MR) is 92.8 cm³/mol. The summed E-state index contributed by atoms with van der Waals surface area (Å²) in [6.07, 6.45) is 6.09. The average Bonchev–Trinajstić information content (AvgIpc) is 2.46. The summed E-state index contributed by atoms with van der Waals surface area (Å²) in [5.41, 5.74) is 1.07. The molecule has 0 heterocycles. The average molecular weight is 332 g/mol. The minimum absolute atomic E-state index is 0.257. The summed E-state index contributed by atoms with van der Waals surface area (Å²) in [6.45, 7) is 7.78. The Balaban J connectivity index is 2.83. The Kier molecular flexibility index (Phi) is 9.14. The van der Waals surface area contributed by atoms with Crippen molar-refractivity contribution >= 4 is 23.2 Å². The maximum absolute atomic E-state index is 6.43. The molecule has 0 spiro atoms. The summed E-state index contributed by atoms with van der Waals surface area (Å²) in [5, 5.41) is 4.87. The molecule has 1 aromatic rings. The van der Waals surface area contributed by atoms with Crippen LogP contribution in [0, 0.1) is 0 Å². The van der Waals surface area contributed by atoms with Crippen LogP contribution in [0.1, 0.15) is 64.5 Å². The molecule has 1 aromatic carbocycles. The zero-order chi connectivity index (χ0) is 15.7. The van der Waals surface area contributed by atoms with Crippen LogP contribution in [0.5, 0.6) is 5.75 Å². The Hall–Kier alpha value is -0.440. The molecular weight excluding hydrogens is 305 g/mol. The zero-order valence-corrected chi connectivity index (χ0v) is 14.9. The summed E-state index contributed by atoms with van der Waals surface area (Å²) in [6, 6.07) is 4.04. The molecule has 0 aliphatic carbocycles. The van der Waals surface area contributed by atoms with Gasteiger partial charge in [-0.25, -0.2) is 0 Å². The van der Waals surface area contributed by atoms with Crippen LogP contribution in [0.4, 0.5) is 0 Å². The lowest BCUT2D eigenvalue weighted by atomic mass is 9.99. The van der Waals surface area contributed by atoms with Crippen LogP contribution < -0.4 is 10.1 Å². The van der Waals surface area contributed by atoms with E-state index in [9.17, 15) is 0 Å². The van der Waals surface area contributed by atoms with Crippen molar-refractivity contribution in [2.75, 3.05) is 13.2 Å². The van der Waals surface area contributed by atoms with Crippen molar-refractivity contribution in [3.05, 3.63) is 27.7 Å². The summed E-state index contributed by atoms with van der Waals surface area (Å²) < 4.78 is 5.49. The Labute approximate surface area is 139 Å². The third-order valence-corrected chi connectivity index (χ3v) is 4.15. The molecule has 0 aliphatic rings. The molecule has 0 saturated heterocycles. The Morgan fingerprint density at radius 2 is 1.81 bits per heavy atom. The first kappa shape index (κ1) is 18.6. The Morgan fingerprint density at radius 3 is 2.43 bits per heavy atom. The predicted octanol–water partition coefficient (Wildman–Crippen LogP) is 6.01. The molecule has 2 nitrogen and oxygen atoms in total. The van der Waals surface area contributed by atoms with Gasteiger partial charge in [0.2, 0.25) is 0 Å². The van der Waals surface area contributed by atoms with Crippen molar-refractivity contribution < 1.29 is 4.74 Å². The highest BCUT2D eigenvalue weighted by molar-refractivity contribution is 6.34. The molecule has 1 rings (SSSR count). The lowest BCUT2D eigenvalue weighted by molar-refractivity contribution is 0.340. The Bertz CT molecular complexity index is 423. The number of benzene rings is 1. The van der Waals surface area contributed by atoms with Gasteiger partial charge in [-0.3, -0.25) is 0 Å². The molecule has 0 aromatic heterocycles. The van der Waals surface area contributed by atoms with Crippen LogP contribution in [-0.4, -0.2) is 13.2 Å². The fourth-order valence-corrected chi connectivity index (χ4v) is 2.98. The monoisotopic (exact) mass is 331 g/mol. The summed E-state index contributed by atoms with van der Waals surface area (Å²) in [5.74, 6) is 0.661. The SMILES string of the molecule is CCCCCCC(NCC)c1cc(Cl)c(OCC)cc1Cl. The number of hydrogen-bond donors (Lipinski definition) is 1. The molecule has 0 saturated carbocycles. The number of ether oxygens (including phenoxy) is 1. The second kappa shape index (κ2) is 10.3. The summed E-state index contributed by atoms with van der Waals surface area (Å²) in [7, 11) is 0. The van der Waals surface area contributed by atoms with Crippen molar-refractivity contribution in [1.29, 1.82) is 0 Å². The van der Waals surface area contributed by atoms with Gasteiger partial charge < -0.3 is 10.1 Å². The van der Waals surface area contributed by atoms with E-state index in [0.29, 0.717) is 17.4 Å². The zero-order valence-electron chi connectivity index (χ0n) is 13.3. The van der Waals surface area contributed by atoms with Crippen molar-refractivity contribution in [3.8, 4) is 5.75 Å². The number of nitrogens with one attached hydrogen (secondary N) is 1. The molecule has 120 valence electrons. The molecule has 0 amide bonds. The van der Waals surface area contributed by atoms with Gasteiger partial charge in [-0.1, -0.05) is 62.7 Å². The first-order valence-electron chi connectivity index (χ1n) is 7.99. The highest BCUT2D eigenvalue weighted by Crippen LogP contribution is 2.35. The second-order valence-electron chi connectivity index (χ2n) is 5.20. The summed E-state index contributed by atoms with van der Waals surface area (Å²) >= 11 is 12.7. The maximum Gasteiger partial charge on any atom is 0.139 e. The minimum atomic E-state index is 0.257. The molecule has 4 heteroatoms. The van der Waals surface area contributed by atoms with Gasteiger partial charge in [-0.2, -0.15) is 0 Å². The van der Waals surface area contributed by atoms with Gasteiger partial charge in [0.15, 0.2) is 0 Å². The van der Waals surface area contributed by atoms with Crippen molar-refractivity contribution in [2.45, 2.75) is 58.9 Å². The van der Waals surface area contributed by atoms with Crippen molar-refractivity contribution in [2.24, 2.45) is 0 Å². The number of halogens is 2. The number of hydrogen-bond acceptors (Lipinski definition) is 2. The number of unbranched alkanes of at least 4 members (excludes halogenated alkanes) is 3. The van der Waals surface area contributed by atoms with E-state index in [1.165, 1.54) is 25.7 Å². The number of rotatable bonds is 10. The van der Waals surface area contributed by atoms with Gasteiger partial charge in [0, 0.05) is 17.1 Å². The molecule has 0 aliphatic heterocycles. The topological polar surface area (TPSA) is 21.3 Å². The molecule has 0 fully saturated rings. The van der Waals surface area contributed by atoms with E-state index in [-0.39, 0.29) is 6.04 Å². The van der Waals surface area contributed by atoms with E-state index in [1.54, 1.807) is 0 Å². The van der Waals surface area contributed by atoms with Crippen molar-refractivity contribution in [3.63, 3.8) is 0 Å². The minimum Gasteiger partial charge on any atom is -0.492 e. The molecule has 1 unspecified atom stereocenters. The van der Waals surface area contributed by atoms with Gasteiger partial charge >= 0.3 is 0 Å². The van der Waals surface area contributed by atoms with E-state index < -0.39 is 0 Å². The molecule has 0 radical (unpaired) electrons. The van der Waals surface area contributed by atoms with Gasteiger partial charge in [-0.15, -0.1) is 0 Å². The van der Waals surface area contributed by atoms with E-state index >= 15 is 0 Å². The highest BCUT2D eigenvalue weighted by Gasteiger charge is 2.16. The molecule has 1 atom stereocenters. The van der Waals surface area contributed by atoms with Crippen LogP contribution in [0.2, 0.25) is 10.0 Å². The molecular formula is C17H27Cl2NO. The normalized spacial score (nSPS) is 12.4. The van der Waals surface area contributed by atoms with Gasteiger partial charge in [0.05, 0.1) is 11.6 Å². The lowest BCUT2D eigenvalue weighted by Gasteiger charge is -2.21. The maximum atomic E-state index is 6.43. The Morgan fingerprint density at radius 1 is 1.05 bits per heavy atom. The third-order valence-electron chi connectivity index (χ3n) is 3.52. The first-order valence-corrected chi connectivity index (χ1v) is 8.74. The first-order chi connectivity index (χ1) is 10.1. The fourth-order valence-electron chi connectivity index (χ4n) is 2.47.